The Hall–Kier alpha value is -3.10. The largest absolute Gasteiger partial charge is 0.493 e. The van der Waals surface area contributed by atoms with E-state index < -0.39 is 0 Å². The first kappa shape index (κ1) is 23.6. The van der Waals surface area contributed by atoms with Crippen LogP contribution in [0.3, 0.4) is 0 Å². The smallest absolute Gasteiger partial charge is 0.273 e. The van der Waals surface area contributed by atoms with Crippen molar-refractivity contribution in [1.29, 1.82) is 0 Å². The van der Waals surface area contributed by atoms with Crippen LogP contribution in [0.4, 0.5) is 0 Å². The van der Waals surface area contributed by atoms with Gasteiger partial charge in [-0.25, -0.2) is 0 Å². The van der Waals surface area contributed by atoms with Gasteiger partial charge in [0.2, 0.25) is 5.91 Å². The molecule has 0 saturated carbocycles. The van der Waals surface area contributed by atoms with Crippen LogP contribution in [-0.2, 0) is 17.8 Å². The monoisotopic (exact) mass is 443 g/mol. The molecule has 1 aromatic heterocycles. The van der Waals surface area contributed by atoms with Crippen LogP contribution in [0.5, 0.6) is 11.5 Å². The third-order valence-corrected chi connectivity index (χ3v) is 5.63. The molecule has 2 heterocycles. The zero-order valence-corrected chi connectivity index (χ0v) is 19.3. The van der Waals surface area contributed by atoms with Crippen molar-refractivity contribution in [3.8, 4) is 11.5 Å². The average Bonchev–Trinajstić information content (AvgIpc) is 3.26. The second-order valence-electron chi connectivity index (χ2n) is 8.39. The zero-order chi connectivity index (χ0) is 23.1. The molecule has 32 heavy (non-hydrogen) atoms. The van der Waals surface area contributed by atoms with Gasteiger partial charge >= 0.3 is 0 Å². The Morgan fingerprint density at radius 1 is 1.19 bits per heavy atom. The molecule has 1 saturated heterocycles. The lowest BCUT2D eigenvalue weighted by Crippen LogP contribution is -2.44. The Kier molecular flexibility index (Phi) is 8.08. The van der Waals surface area contributed by atoms with Gasteiger partial charge in [-0.15, -0.1) is 5.10 Å². The highest BCUT2D eigenvalue weighted by Gasteiger charge is 2.27. The van der Waals surface area contributed by atoms with E-state index in [1.54, 1.807) is 25.1 Å². The highest BCUT2D eigenvalue weighted by molar-refractivity contribution is 5.92. The van der Waals surface area contributed by atoms with E-state index >= 15 is 0 Å². The van der Waals surface area contributed by atoms with Gasteiger partial charge in [-0.1, -0.05) is 11.3 Å². The Morgan fingerprint density at radius 2 is 1.97 bits per heavy atom. The van der Waals surface area contributed by atoms with Gasteiger partial charge in [-0.2, -0.15) is 0 Å². The number of methoxy groups -OCH3 is 2. The van der Waals surface area contributed by atoms with Crippen molar-refractivity contribution in [2.75, 3.05) is 20.8 Å². The number of nitrogens with one attached hydrogen (secondary N) is 1. The molecule has 2 aromatic rings. The molecule has 174 valence electrons. The first-order valence-electron chi connectivity index (χ1n) is 11.1. The van der Waals surface area contributed by atoms with Gasteiger partial charge < -0.3 is 19.7 Å². The number of amides is 2. The van der Waals surface area contributed by atoms with E-state index in [1.807, 2.05) is 36.9 Å². The third-order valence-electron chi connectivity index (χ3n) is 5.63. The molecule has 2 amide bonds. The van der Waals surface area contributed by atoms with Crippen LogP contribution in [0, 0.1) is 0 Å². The van der Waals surface area contributed by atoms with Gasteiger partial charge in [0.15, 0.2) is 17.2 Å². The predicted molar refractivity (Wildman–Crippen MR) is 120 cm³/mol. The van der Waals surface area contributed by atoms with Gasteiger partial charge in [-0.3, -0.25) is 14.3 Å². The van der Waals surface area contributed by atoms with E-state index in [9.17, 15) is 9.59 Å². The molecule has 9 nitrogen and oxygen atoms in total. The molecule has 9 heteroatoms. The van der Waals surface area contributed by atoms with Gasteiger partial charge in [-0.05, 0) is 57.2 Å². The number of rotatable bonds is 9. The summed E-state index contributed by atoms with van der Waals surface area (Å²) < 4.78 is 12.3. The molecule has 1 atom stereocenters. The van der Waals surface area contributed by atoms with E-state index in [4.69, 9.17) is 9.47 Å². The van der Waals surface area contributed by atoms with Crippen molar-refractivity contribution < 1.29 is 19.1 Å². The topological polar surface area (TPSA) is 98.6 Å². The van der Waals surface area contributed by atoms with Crippen LogP contribution >= 0.6 is 0 Å². The number of carbonyl (C=O) groups is 2. The normalized spacial score (nSPS) is 16.2. The Bertz CT molecular complexity index is 927. The second kappa shape index (κ2) is 11.0. The molecule has 1 N–H and O–H groups in total. The van der Waals surface area contributed by atoms with E-state index in [0.29, 0.717) is 30.2 Å². The summed E-state index contributed by atoms with van der Waals surface area (Å²) in [7, 11) is 3.18. The fourth-order valence-electron chi connectivity index (χ4n) is 4.02. The Morgan fingerprint density at radius 3 is 2.69 bits per heavy atom. The fourth-order valence-corrected chi connectivity index (χ4v) is 4.02. The van der Waals surface area contributed by atoms with Crippen molar-refractivity contribution in [2.24, 2.45) is 0 Å². The van der Waals surface area contributed by atoms with Crippen LogP contribution in [0.15, 0.2) is 24.4 Å². The maximum absolute atomic E-state index is 13.1. The van der Waals surface area contributed by atoms with Gasteiger partial charge in [0.1, 0.15) is 0 Å². The molecule has 1 aromatic carbocycles. The molecule has 0 unspecified atom stereocenters. The van der Waals surface area contributed by atoms with Crippen LogP contribution in [0.25, 0.3) is 0 Å². The maximum Gasteiger partial charge on any atom is 0.273 e. The number of piperidine rings is 1. The Labute approximate surface area is 189 Å². The summed E-state index contributed by atoms with van der Waals surface area (Å²) in [5.41, 5.74) is 1.21. The van der Waals surface area contributed by atoms with Crippen LogP contribution in [0.2, 0.25) is 0 Å². The van der Waals surface area contributed by atoms with Gasteiger partial charge in [0, 0.05) is 25.2 Å². The number of nitrogens with zero attached hydrogens (tertiary/aromatic N) is 4. The molecule has 1 aliphatic heterocycles. The molecule has 0 aliphatic carbocycles. The molecular formula is C23H33N5O4. The standard InChI is InChI=1S/C23H33N5O4/c1-16(2)24-23(30)19-15-27(26-25-19)12-10-18-7-5-6-11-28(18)22(29)14-17-8-9-20(31-3)21(13-17)32-4/h8-9,13,15-16,18H,5-7,10-12,14H2,1-4H3,(H,24,30)/t18-/m1/s1. The number of ether oxygens (including phenoxy) is 2. The molecule has 1 aliphatic rings. The minimum absolute atomic E-state index is 0.0418. The number of aromatic nitrogens is 3. The summed E-state index contributed by atoms with van der Waals surface area (Å²) in [6.07, 6.45) is 5.83. The summed E-state index contributed by atoms with van der Waals surface area (Å²) in [6, 6.07) is 5.77. The number of benzene rings is 1. The van der Waals surface area contributed by atoms with Crippen LogP contribution in [0.1, 0.15) is 55.6 Å². The van der Waals surface area contributed by atoms with Crippen molar-refractivity contribution in [2.45, 2.75) is 64.6 Å². The lowest BCUT2D eigenvalue weighted by Gasteiger charge is -2.36. The summed E-state index contributed by atoms with van der Waals surface area (Å²) in [4.78, 5) is 27.2. The van der Waals surface area contributed by atoms with E-state index in [1.165, 1.54) is 0 Å². The number of hydrogen-bond donors (Lipinski definition) is 1. The van der Waals surface area contributed by atoms with Gasteiger partial charge in [0.05, 0.1) is 26.8 Å². The fraction of sp³-hybridized carbons (Fsp3) is 0.565. The molecule has 3 rings (SSSR count). The summed E-state index contributed by atoms with van der Waals surface area (Å²) >= 11 is 0. The number of aryl methyl sites for hydroxylation is 1. The van der Waals surface area contributed by atoms with Crippen molar-refractivity contribution in [1.82, 2.24) is 25.2 Å². The zero-order valence-electron chi connectivity index (χ0n) is 19.3. The number of likely N-dealkylation sites (tertiary alicyclic amines) is 1. The first-order valence-corrected chi connectivity index (χ1v) is 11.1. The highest BCUT2D eigenvalue weighted by Crippen LogP contribution is 2.28. The van der Waals surface area contributed by atoms with Crippen molar-refractivity contribution in [3.63, 3.8) is 0 Å². The van der Waals surface area contributed by atoms with Crippen LogP contribution in [-0.4, -0.2) is 64.6 Å². The maximum atomic E-state index is 13.1. The third kappa shape index (κ3) is 5.99. The minimum Gasteiger partial charge on any atom is -0.493 e. The van der Waals surface area contributed by atoms with Crippen LogP contribution < -0.4 is 14.8 Å². The Balaban J connectivity index is 1.60. The average molecular weight is 444 g/mol. The second-order valence-corrected chi connectivity index (χ2v) is 8.39. The molecule has 0 radical (unpaired) electrons. The van der Waals surface area contributed by atoms with E-state index in [0.717, 1.165) is 37.8 Å². The van der Waals surface area contributed by atoms with E-state index in [2.05, 4.69) is 15.6 Å². The SMILES string of the molecule is COc1ccc(CC(=O)N2CCCC[C@@H]2CCn2cc(C(=O)NC(C)C)nn2)cc1OC. The lowest BCUT2D eigenvalue weighted by molar-refractivity contribution is -0.134. The predicted octanol–water partition coefficient (Wildman–Crippen LogP) is 2.45. The number of hydrogen-bond acceptors (Lipinski definition) is 6. The molecular weight excluding hydrogens is 410 g/mol. The molecule has 1 fully saturated rings. The summed E-state index contributed by atoms with van der Waals surface area (Å²) in [5.74, 6) is 1.15. The summed E-state index contributed by atoms with van der Waals surface area (Å²) in [6.45, 7) is 5.17. The quantitative estimate of drug-likeness (QED) is 0.639. The van der Waals surface area contributed by atoms with Crippen molar-refractivity contribution in [3.05, 3.63) is 35.7 Å². The van der Waals surface area contributed by atoms with Gasteiger partial charge in [0.25, 0.3) is 5.91 Å². The van der Waals surface area contributed by atoms with Crippen molar-refractivity contribution >= 4 is 11.8 Å². The van der Waals surface area contributed by atoms with E-state index in [-0.39, 0.29) is 23.9 Å². The molecule has 0 bridgehead atoms. The minimum atomic E-state index is -0.226. The number of carbonyl (C=O) groups excluding carboxylic acids is 2. The molecule has 0 spiro atoms. The highest BCUT2D eigenvalue weighted by atomic mass is 16.5. The lowest BCUT2D eigenvalue weighted by atomic mass is 9.98. The summed E-state index contributed by atoms with van der Waals surface area (Å²) in [5, 5.41) is 10.9. The first-order chi connectivity index (χ1) is 15.4.